The van der Waals surface area contributed by atoms with E-state index in [2.05, 4.69) is 24.0 Å². The van der Waals surface area contributed by atoms with Crippen molar-refractivity contribution in [1.82, 2.24) is 4.90 Å². The van der Waals surface area contributed by atoms with Gasteiger partial charge in [-0.1, -0.05) is 42.0 Å². The minimum absolute atomic E-state index is 0.0502. The molecule has 1 heterocycles. The first-order valence-corrected chi connectivity index (χ1v) is 10.9. The van der Waals surface area contributed by atoms with E-state index < -0.39 is 0 Å². The van der Waals surface area contributed by atoms with Crippen molar-refractivity contribution in [2.75, 3.05) is 18.0 Å². The van der Waals surface area contributed by atoms with E-state index in [-0.39, 0.29) is 17.8 Å². The van der Waals surface area contributed by atoms with Crippen LogP contribution in [0.15, 0.2) is 72.8 Å². The van der Waals surface area contributed by atoms with Gasteiger partial charge in [-0.2, -0.15) is 0 Å². The molecule has 0 spiro atoms. The molecule has 1 aliphatic heterocycles. The highest BCUT2D eigenvalue weighted by Crippen LogP contribution is 2.27. The normalized spacial score (nSPS) is 15.1. The molecule has 1 aliphatic rings. The van der Waals surface area contributed by atoms with Gasteiger partial charge >= 0.3 is 0 Å². The largest absolute Gasteiger partial charge is 0.305 e. The summed E-state index contributed by atoms with van der Waals surface area (Å²) >= 11 is 0. The van der Waals surface area contributed by atoms with E-state index in [1.54, 1.807) is 12.1 Å². The second-order valence-electron chi connectivity index (χ2n) is 8.52. The van der Waals surface area contributed by atoms with Gasteiger partial charge in [0, 0.05) is 36.9 Å². The smallest absolute Gasteiger partial charge is 0.258 e. The molecule has 31 heavy (non-hydrogen) atoms. The number of benzene rings is 3. The molecule has 4 rings (SSSR count). The molecule has 3 nitrogen and oxygen atoms in total. The van der Waals surface area contributed by atoms with Crippen LogP contribution in [0.25, 0.3) is 0 Å². The van der Waals surface area contributed by atoms with Gasteiger partial charge in [-0.15, -0.1) is 0 Å². The summed E-state index contributed by atoms with van der Waals surface area (Å²) in [4.78, 5) is 17.9. The number of hydrogen-bond donors (Lipinski definition) is 0. The first-order valence-electron chi connectivity index (χ1n) is 10.9. The first kappa shape index (κ1) is 21.3. The van der Waals surface area contributed by atoms with E-state index in [1.807, 2.05) is 54.3 Å². The van der Waals surface area contributed by atoms with Gasteiger partial charge in [0.15, 0.2) is 0 Å². The Hall–Kier alpha value is -2.98. The molecule has 0 aliphatic carbocycles. The lowest BCUT2D eigenvalue weighted by Gasteiger charge is -2.39. The van der Waals surface area contributed by atoms with E-state index in [9.17, 15) is 9.18 Å². The first-order chi connectivity index (χ1) is 15.0. The van der Waals surface area contributed by atoms with Crippen LogP contribution in [-0.4, -0.2) is 29.9 Å². The highest BCUT2D eigenvalue weighted by molar-refractivity contribution is 6.06. The van der Waals surface area contributed by atoms with Gasteiger partial charge in [0.2, 0.25) is 0 Å². The number of aryl methyl sites for hydroxylation is 2. The van der Waals surface area contributed by atoms with Gasteiger partial charge in [-0.05, 0) is 74.2 Å². The summed E-state index contributed by atoms with van der Waals surface area (Å²) in [5.74, 6) is -0.143. The van der Waals surface area contributed by atoms with E-state index in [0.29, 0.717) is 5.56 Å². The lowest BCUT2D eigenvalue weighted by atomic mass is 9.99. The molecule has 1 amide bonds. The summed E-state index contributed by atoms with van der Waals surface area (Å²) in [5, 5.41) is 0. The van der Waals surface area contributed by atoms with E-state index in [0.717, 1.165) is 54.9 Å². The number of halogens is 1. The Kier molecular flexibility index (Phi) is 6.47. The molecule has 0 saturated carbocycles. The van der Waals surface area contributed by atoms with Gasteiger partial charge in [-0.25, -0.2) is 4.39 Å². The van der Waals surface area contributed by atoms with Crippen LogP contribution in [0, 0.1) is 19.7 Å². The molecule has 3 aromatic rings. The Labute approximate surface area is 184 Å². The van der Waals surface area contributed by atoms with Crippen LogP contribution in [0.3, 0.4) is 0 Å². The molecular weight excluding hydrogens is 387 g/mol. The second-order valence-corrected chi connectivity index (χ2v) is 8.52. The molecule has 0 atom stereocenters. The molecule has 0 radical (unpaired) electrons. The number of hydrogen-bond acceptors (Lipinski definition) is 2. The zero-order chi connectivity index (χ0) is 21.8. The SMILES string of the molecule is Cc1ccc(C(=O)N(c2cccc(C)c2)C2CCN(Cc3cccc(F)c3)CC2)cc1. The predicted molar refractivity (Wildman–Crippen MR) is 124 cm³/mol. The van der Waals surface area contributed by atoms with Gasteiger partial charge in [0.25, 0.3) is 5.91 Å². The molecular formula is C27H29FN2O. The Balaban J connectivity index is 1.52. The topological polar surface area (TPSA) is 23.6 Å². The van der Waals surface area contributed by atoms with Crippen molar-refractivity contribution in [3.05, 3.63) is 101 Å². The van der Waals surface area contributed by atoms with Crippen molar-refractivity contribution in [3.8, 4) is 0 Å². The third kappa shape index (κ3) is 5.20. The number of nitrogens with zero attached hydrogens (tertiary/aromatic N) is 2. The highest BCUT2D eigenvalue weighted by Gasteiger charge is 2.30. The van der Waals surface area contributed by atoms with Crippen molar-refractivity contribution in [2.24, 2.45) is 0 Å². The number of likely N-dealkylation sites (tertiary alicyclic amines) is 1. The average molecular weight is 417 g/mol. The van der Waals surface area contributed by atoms with Gasteiger partial charge in [0.1, 0.15) is 5.82 Å². The van der Waals surface area contributed by atoms with Crippen molar-refractivity contribution >= 4 is 11.6 Å². The maximum Gasteiger partial charge on any atom is 0.258 e. The average Bonchev–Trinajstić information content (AvgIpc) is 2.76. The molecule has 0 N–H and O–H groups in total. The maximum atomic E-state index is 13.5. The second kappa shape index (κ2) is 9.44. The lowest BCUT2D eigenvalue weighted by molar-refractivity contribution is 0.0958. The van der Waals surface area contributed by atoms with Crippen molar-refractivity contribution < 1.29 is 9.18 Å². The minimum atomic E-state index is -0.193. The fraction of sp³-hybridized carbons (Fsp3) is 0.296. The number of amides is 1. The molecule has 1 fully saturated rings. The Morgan fingerprint density at radius 3 is 2.32 bits per heavy atom. The van der Waals surface area contributed by atoms with Crippen LogP contribution in [0.2, 0.25) is 0 Å². The van der Waals surface area contributed by atoms with Crippen LogP contribution in [0.4, 0.5) is 10.1 Å². The molecule has 160 valence electrons. The number of carbonyl (C=O) groups is 1. The third-order valence-electron chi connectivity index (χ3n) is 6.01. The lowest BCUT2D eigenvalue weighted by Crippen LogP contribution is -2.47. The van der Waals surface area contributed by atoms with Gasteiger partial charge in [0.05, 0.1) is 0 Å². The molecule has 0 aromatic heterocycles. The molecule has 0 bridgehead atoms. The Morgan fingerprint density at radius 1 is 0.935 bits per heavy atom. The summed E-state index contributed by atoms with van der Waals surface area (Å²) in [6, 6.07) is 22.9. The van der Waals surface area contributed by atoms with Crippen molar-refractivity contribution in [2.45, 2.75) is 39.3 Å². The van der Waals surface area contributed by atoms with Crippen LogP contribution in [0.1, 0.15) is 39.9 Å². The van der Waals surface area contributed by atoms with E-state index in [4.69, 9.17) is 0 Å². The predicted octanol–water partition coefficient (Wildman–Crippen LogP) is 5.75. The molecule has 0 unspecified atom stereocenters. The van der Waals surface area contributed by atoms with Crippen LogP contribution >= 0.6 is 0 Å². The van der Waals surface area contributed by atoms with Crippen molar-refractivity contribution in [3.63, 3.8) is 0 Å². The summed E-state index contributed by atoms with van der Waals surface area (Å²) in [5.41, 5.74) is 4.94. The Morgan fingerprint density at radius 2 is 1.65 bits per heavy atom. The fourth-order valence-corrected chi connectivity index (χ4v) is 4.34. The Bertz CT molecular complexity index is 1040. The summed E-state index contributed by atoms with van der Waals surface area (Å²) in [7, 11) is 0. The molecule has 1 saturated heterocycles. The summed E-state index contributed by atoms with van der Waals surface area (Å²) in [6.07, 6.45) is 1.78. The van der Waals surface area contributed by atoms with Gasteiger partial charge in [-0.3, -0.25) is 9.69 Å². The summed E-state index contributed by atoms with van der Waals surface area (Å²) < 4.78 is 13.5. The zero-order valence-electron chi connectivity index (χ0n) is 18.2. The quantitative estimate of drug-likeness (QED) is 0.528. The zero-order valence-corrected chi connectivity index (χ0v) is 18.2. The summed E-state index contributed by atoms with van der Waals surface area (Å²) in [6.45, 7) is 6.58. The van der Waals surface area contributed by atoms with Crippen LogP contribution in [0.5, 0.6) is 0 Å². The van der Waals surface area contributed by atoms with Crippen LogP contribution < -0.4 is 4.90 Å². The van der Waals surface area contributed by atoms with Gasteiger partial charge < -0.3 is 4.90 Å². The molecule has 4 heteroatoms. The standard InChI is InChI=1S/C27H29FN2O/c1-20-9-11-23(12-10-20)27(31)30(26-8-3-5-21(2)17-26)25-13-15-29(16-14-25)19-22-6-4-7-24(28)18-22/h3-12,17-18,25H,13-16,19H2,1-2H3. The van der Waals surface area contributed by atoms with Crippen LogP contribution in [-0.2, 0) is 6.54 Å². The number of carbonyl (C=O) groups excluding carboxylic acids is 1. The highest BCUT2D eigenvalue weighted by atomic mass is 19.1. The molecule has 3 aromatic carbocycles. The van der Waals surface area contributed by atoms with Crippen molar-refractivity contribution in [1.29, 1.82) is 0 Å². The number of anilines is 1. The third-order valence-corrected chi connectivity index (χ3v) is 6.01. The van der Waals surface area contributed by atoms with E-state index in [1.165, 1.54) is 6.07 Å². The number of rotatable bonds is 5. The monoisotopic (exact) mass is 416 g/mol. The number of piperidine rings is 1. The minimum Gasteiger partial charge on any atom is -0.305 e. The van der Waals surface area contributed by atoms with E-state index >= 15 is 0 Å². The maximum absolute atomic E-state index is 13.5. The fourth-order valence-electron chi connectivity index (χ4n) is 4.34.